The van der Waals surface area contributed by atoms with E-state index in [2.05, 4.69) is 5.10 Å². The molecule has 0 fully saturated rings. The van der Waals surface area contributed by atoms with Gasteiger partial charge in [0, 0.05) is 17.3 Å². The third-order valence-corrected chi connectivity index (χ3v) is 2.77. The summed E-state index contributed by atoms with van der Waals surface area (Å²) in [5.41, 5.74) is 8.44. The SMILES string of the molecule is Cc1c(C(C)N)cnn1-c1cccc(F)c1.O=C(O)C(=O)O. The number of carboxylic acids is 2. The first-order valence-electron chi connectivity index (χ1n) is 6.26. The number of hydrogen-bond donors (Lipinski definition) is 3. The Bertz CT molecular complexity index is 670. The minimum absolute atomic E-state index is 0.0673. The van der Waals surface area contributed by atoms with Gasteiger partial charge in [0.2, 0.25) is 0 Å². The molecule has 1 heterocycles. The van der Waals surface area contributed by atoms with Crippen LogP contribution < -0.4 is 5.73 Å². The van der Waals surface area contributed by atoms with Crippen molar-refractivity contribution in [1.82, 2.24) is 9.78 Å². The fraction of sp³-hybridized carbons (Fsp3) is 0.214. The second-order valence-electron chi connectivity index (χ2n) is 4.48. The van der Waals surface area contributed by atoms with Crippen molar-refractivity contribution in [1.29, 1.82) is 0 Å². The van der Waals surface area contributed by atoms with Gasteiger partial charge in [-0.25, -0.2) is 18.7 Å². The van der Waals surface area contributed by atoms with Gasteiger partial charge >= 0.3 is 11.9 Å². The Labute approximate surface area is 125 Å². The Morgan fingerprint density at radius 3 is 2.32 bits per heavy atom. The molecule has 8 heteroatoms. The molecule has 22 heavy (non-hydrogen) atoms. The molecular formula is C14H16FN3O4. The number of halogens is 1. The van der Waals surface area contributed by atoms with Crippen molar-refractivity contribution in [2.45, 2.75) is 19.9 Å². The first-order valence-corrected chi connectivity index (χ1v) is 6.26. The normalized spacial score (nSPS) is 11.3. The van der Waals surface area contributed by atoms with E-state index in [1.165, 1.54) is 12.1 Å². The van der Waals surface area contributed by atoms with Gasteiger partial charge < -0.3 is 15.9 Å². The Morgan fingerprint density at radius 2 is 1.91 bits per heavy atom. The molecule has 1 unspecified atom stereocenters. The predicted octanol–water partition coefficient (Wildman–Crippen LogP) is 1.50. The molecule has 4 N–H and O–H groups in total. The highest BCUT2D eigenvalue weighted by Crippen LogP contribution is 2.18. The predicted molar refractivity (Wildman–Crippen MR) is 76.1 cm³/mol. The lowest BCUT2D eigenvalue weighted by atomic mass is 10.1. The van der Waals surface area contributed by atoms with Gasteiger partial charge in [-0.1, -0.05) is 6.07 Å². The number of aliphatic carboxylic acids is 2. The molecule has 0 spiro atoms. The summed E-state index contributed by atoms with van der Waals surface area (Å²) < 4.78 is 14.8. The average molecular weight is 309 g/mol. The Kier molecular flexibility index (Phi) is 5.76. The first kappa shape index (κ1) is 17.3. The smallest absolute Gasteiger partial charge is 0.414 e. The van der Waals surface area contributed by atoms with Gasteiger partial charge in [0.25, 0.3) is 0 Å². The van der Waals surface area contributed by atoms with E-state index in [1.807, 2.05) is 19.9 Å². The van der Waals surface area contributed by atoms with E-state index < -0.39 is 11.9 Å². The summed E-state index contributed by atoms with van der Waals surface area (Å²) in [6.45, 7) is 3.83. The molecule has 0 amide bonds. The summed E-state index contributed by atoms with van der Waals surface area (Å²) in [5.74, 6) is -3.92. The molecule has 0 aliphatic rings. The van der Waals surface area contributed by atoms with Crippen molar-refractivity contribution >= 4 is 11.9 Å². The number of benzene rings is 1. The molecule has 0 saturated carbocycles. The summed E-state index contributed by atoms with van der Waals surface area (Å²) in [7, 11) is 0. The molecule has 0 aliphatic carbocycles. The molecule has 0 aliphatic heterocycles. The zero-order valence-corrected chi connectivity index (χ0v) is 12.0. The molecule has 0 saturated heterocycles. The molecule has 1 aromatic carbocycles. The van der Waals surface area contributed by atoms with Crippen LogP contribution in [0.25, 0.3) is 5.69 Å². The zero-order valence-electron chi connectivity index (χ0n) is 12.0. The number of aromatic nitrogens is 2. The van der Waals surface area contributed by atoms with Crippen LogP contribution in [0.4, 0.5) is 4.39 Å². The third kappa shape index (κ3) is 4.38. The number of nitrogens with two attached hydrogens (primary N) is 1. The van der Waals surface area contributed by atoms with Crippen LogP contribution in [0, 0.1) is 12.7 Å². The van der Waals surface area contributed by atoms with Crippen LogP contribution in [0.5, 0.6) is 0 Å². The summed E-state index contributed by atoms with van der Waals surface area (Å²) in [6, 6.07) is 6.27. The Morgan fingerprint density at radius 1 is 1.32 bits per heavy atom. The van der Waals surface area contributed by atoms with E-state index in [0.29, 0.717) is 5.69 Å². The molecule has 118 valence electrons. The Balaban J connectivity index is 0.000000346. The van der Waals surface area contributed by atoms with Crippen LogP contribution in [0.1, 0.15) is 24.2 Å². The summed E-state index contributed by atoms with van der Waals surface area (Å²) in [5, 5.41) is 19.0. The van der Waals surface area contributed by atoms with Gasteiger partial charge in [0.15, 0.2) is 0 Å². The van der Waals surface area contributed by atoms with Crippen LogP contribution in [-0.4, -0.2) is 31.9 Å². The van der Waals surface area contributed by atoms with Gasteiger partial charge in [-0.15, -0.1) is 0 Å². The highest BCUT2D eigenvalue weighted by molar-refractivity contribution is 6.27. The summed E-state index contributed by atoms with van der Waals surface area (Å²) in [6.07, 6.45) is 1.73. The third-order valence-electron chi connectivity index (χ3n) is 2.77. The van der Waals surface area contributed by atoms with Gasteiger partial charge in [-0.2, -0.15) is 5.10 Å². The number of nitrogens with zero attached hydrogens (tertiary/aromatic N) is 2. The van der Waals surface area contributed by atoms with Crippen molar-refractivity contribution in [2.75, 3.05) is 0 Å². The van der Waals surface area contributed by atoms with Gasteiger partial charge in [-0.3, -0.25) is 0 Å². The monoisotopic (exact) mass is 309 g/mol. The fourth-order valence-electron chi connectivity index (χ4n) is 1.74. The minimum atomic E-state index is -1.82. The van der Waals surface area contributed by atoms with Crippen molar-refractivity contribution in [3.8, 4) is 5.69 Å². The van der Waals surface area contributed by atoms with Crippen LogP contribution >= 0.6 is 0 Å². The number of carboxylic acid groups (broad SMARTS) is 2. The molecule has 1 atom stereocenters. The number of hydrogen-bond acceptors (Lipinski definition) is 4. The van der Waals surface area contributed by atoms with Crippen molar-refractivity contribution in [3.63, 3.8) is 0 Å². The lowest BCUT2D eigenvalue weighted by molar-refractivity contribution is -0.159. The van der Waals surface area contributed by atoms with Crippen LogP contribution in [0.15, 0.2) is 30.5 Å². The molecule has 0 bridgehead atoms. The Hall–Kier alpha value is -2.74. The van der Waals surface area contributed by atoms with Crippen LogP contribution in [-0.2, 0) is 9.59 Å². The molecule has 0 radical (unpaired) electrons. The van der Waals surface area contributed by atoms with Gasteiger partial charge in [0.05, 0.1) is 11.9 Å². The van der Waals surface area contributed by atoms with Gasteiger partial charge in [-0.05, 0) is 32.0 Å². The molecule has 7 nitrogen and oxygen atoms in total. The molecular weight excluding hydrogens is 293 g/mol. The molecule has 1 aromatic heterocycles. The number of carbonyl (C=O) groups is 2. The largest absolute Gasteiger partial charge is 0.473 e. The minimum Gasteiger partial charge on any atom is -0.473 e. The van der Waals surface area contributed by atoms with Gasteiger partial charge in [0.1, 0.15) is 5.82 Å². The lowest BCUT2D eigenvalue weighted by Gasteiger charge is -2.07. The fourth-order valence-corrected chi connectivity index (χ4v) is 1.74. The maximum absolute atomic E-state index is 13.1. The quantitative estimate of drug-likeness (QED) is 0.723. The zero-order chi connectivity index (χ0) is 16.9. The van der Waals surface area contributed by atoms with E-state index in [1.54, 1.807) is 16.9 Å². The highest BCUT2D eigenvalue weighted by atomic mass is 19.1. The second kappa shape index (κ2) is 7.32. The second-order valence-corrected chi connectivity index (χ2v) is 4.48. The maximum atomic E-state index is 13.1. The van der Waals surface area contributed by atoms with E-state index in [4.69, 9.17) is 25.5 Å². The highest BCUT2D eigenvalue weighted by Gasteiger charge is 2.11. The van der Waals surface area contributed by atoms with E-state index in [-0.39, 0.29) is 11.9 Å². The van der Waals surface area contributed by atoms with Crippen LogP contribution in [0.2, 0.25) is 0 Å². The van der Waals surface area contributed by atoms with E-state index in [9.17, 15) is 4.39 Å². The van der Waals surface area contributed by atoms with Crippen molar-refractivity contribution in [3.05, 3.63) is 47.5 Å². The summed E-state index contributed by atoms with van der Waals surface area (Å²) in [4.78, 5) is 18.2. The molecule has 2 aromatic rings. The maximum Gasteiger partial charge on any atom is 0.414 e. The molecule has 2 rings (SSSR count). The van der Waals surface area contributed by atoms with E-state index in [0.717, 1.165) is 11.3 Å². The summed E-state index contributed by atoms with van der Waals surface area (Å²) >= 11 is 0. The van der Waals surface area contributed by atoms with Crippen molar-refractivity contribution in [2.24, 2.45) is 5.73 Å². The lowest BCUT2D eigenvalue weighted by Crippen LogP contribution is -2.09. The number of rotatable bonds is 2. The standard InChI is InChI=1S/C12H14FN3.C2H2O4/c1-8(14)12-7-15-16(9(12)2)11-5-3-4-10(13)6-11;3-1(4)2(5)6/h3-8H,14H2,1-2H3;(H,3,4)(H,5,6). The van der Waals surface area contributed by atoms with Crippen molar-refractivity contribution < 1.29 is 24.2 Å². The van der Waals surface area contributed by atoms with Crippen LogP contribution in [0.3, 0.4) is 0 Å². The topological polar surface area (TPSA) is 118 Å². The first-order chi connectivity index (χ1) is 10.2. The van der Waals surface area contributed by atoms with E-state index >= 15 is 0 Å². The average Bonchev–Trinajstić information content (AvgIpc) is 2.81.